The van der Waals surface area contributed by atoms with Crippen molar-refractivity contribution in [3.63, 3.8) is 0 Å². The van der Waals surface area contributed by atoms with Crippen LogP contribution in [0.5, 0.6) is 0 Å². The minimum Gasteiger partial charge on any atom is -0.466 e. The monoisotopic (exact) mass is 534 g/mol. The quantitative estimate of drug-likeness (QED) is 0.422. The van der Waals surface area contributed by atoms with Crippen molar-refractivity contribution in [1.29, 1.82) is 0 Å². The SMILES string of the molecule is COC(=O)C1=C(CF)NC(Cn2cncn2)=C(C(=O)OC(C)C)C1c1c(F)ccc(Cl)c1C(F)(F)F. The van der Waals surface area contributed by atoms with E-state index in [4.69, 9.17) is 16.3 Å². The number of ether oxygens (including phenoxy) is 2. The van der Waals surface area contributed by atoms with Crippen LogP contribution < -0.4 is 5.32 Å². The average molecular weight is 535 g/mol. The van der Waals surface area contributed by atoms with E-state index in [0.717, 1.165) is 13.4 Å². The van der Waals surface area contributed by atoms with Crippen molar-refractivity contribution in [3.05, 3.63) is 69.3 Å². The standard InChI is InChI=1S/C22H20ClF5N4O4/c1-10(2)36-21(34)17-14(7-32-9-29-8-30-32)31-13(6-24)16(20(33)35-3)18(17)15-12(25)5-4-11(23)19(15)22(26,27)28/h4-5,8-10,18,31H,6-7H2,1-3H3. The molecule has 1 aromatic heterocycles. The third-order valence-electron chi connectivity index (χ3n) is 5.13. The molecule has 0 amide bonds. The van der Waals surface area contributed by atoms with Crippen molar-refractivity contribution in [1.82, 2.24) is 20.1 Å². The molecule has 3 rings (SSSR count). The number of carbonyl (C=O) groups is 2. The van der Waals surface area contributed by atoms with Crippen LogP contribution in [0.1, 0.15) is 30.9 Å². The number of halogens is 6. The number of nitrogens with one attached hydrogen (secondary N) is 1. The van der Waals surface area contributed by atoms with Crippen LogP contribution in [0.15, 0.2) is 47.3 Å². The zero-order chi connectivity index (χ0) is 26.8. The van der Waals surface area contributed by atoms with Gasteiger partial charge in [0.2, 0.25) is 0 Å². The highest BCUT2D eigenvalue weighted by atomic mass is 35.5. The van der Waals surface area contributed by atoms with E-state index in [0.29, 0.717) is 12.1 Å². The molecule has 1 N–H and O–H groups in total. The molecule has 0 saturated heterocycles. The van der Waals surface area contributed by atoms with Crippen LogP contribution >= 0.6 is 11.6 Å². The summed E-state index contributed by atoms with van der Waals surface area (Å²) in [5.41, 5.74) is -4.84. The van der Waals surface area contributed by atoms with E-state index in [1.165, 1.54) is 24.9 Å². The normalized spacial score (nSPS) is 16.3. The lowest BCUT2D eigenvalue weighted by Gasteiger charge is -2.33. The number of dihydropyridines is 1. The number of esters is 2. The molecule has 2 heterocycles. The molecule has 1 atom stereocenters. The summed E-state index contributed by atoms with van der Waals surface area (Å²) >= 11 is 5.84. The highest BCUT2D eigenvalue weighted by Crippen LogP contribution is 2.48. The highest BCUT2D eigenvalue weighted by Gasteiger charge is 2.47. The van der Waals surface area contributed by atoms with Crippen LogP contribution in [0, 0.1) is 5.82 Å². The second-order valence-corrected chi connectivity index (χ2v) is 8.24. The van der Waals surface area contributed by atoms with Crippen LogP contribution in [0.3, 0.4) is 0 Å². The Labute approximate surface area is 206 Å². The van der Waals surface area contributed by atoms with Crippen LogP contribution in [0.4, 0.5) is 22.0 Å². The maximum atomic E-state index is 15.3. The summed E-state index contributed by atoms with van der Waals surface area (Å²) < 4.78 is 83.0. The zero-order valence-electron chi connectivity index (χ0n) is 19.1. The van der Waals surface area contributed by atoms with Crippen molar-refractivity contribution in [2.45, 2.75) is 38.6 Å². The summed E-state index contributed by atoms with van der Waals surface area (Å²) in [4.78, 5) is 29.8. The van der Waals surface area contributed by atoms with Gasteiger partial charge < -0.3 is 14.8 Å². The molecule has 0 aliphatic carbocycles. The highest BCUT2D eigenvalue weighted by molar-refractivity contribution is 6.31. The van der Waals surface area contributed by atoms with E-state index in [-0.39, 0.29) is 12.2 Å². The van der Waals surface area contributed by atoms with Crippen molar-refractivity contribution in [2.75, 3.05) is 13.8 Å². The maximum absolute atomic E-state index is 15.3. The van der Waals surface area contributed by atoms with Gasteiger partial charge >= 0.3 is 18.1 Å². The minimum absolute atomic E-state index is 0.191. The molecule has 1 aliphatic heterocycles. The summed E-state index contributed by atoms with van der Waals surface area (Å²) in [6.07, 6.45) is -3.59. The predicted octanol–water partition coefficient (Wildman–Crippen LogP) is 4.08. The molecule has 0 radical (unpaired) electrons. The summed E-state index contributed by atoms with van der Waals surface area (Å²) in [6.45, 7) is 1.23. The second kappa shape index (κ2) is 10.6. The van der Waals surface area contributed by atoms with Gasteiger partial charge in [-0.3, -0.25) is 0 Å². The van der Waals surface area contributed by atoms with E-state index < -0.39 is 75.6 Å². The summed E-state index contributed by atoms with van der Waals surface area (Å²) in [5, 5.41) is 5.54. The van der Waals surface area contributed by atoms with E-state index in [9.17, 15) is 27.2 Å². The summed E-state index contributed by atoms with van der Waals surface area (Å²) in [7, 11) is 0.905. The molecule has 8 nitrogen and oxygen atoms in total. The number of benzene rings is 1. The third-order valence-corrected chi connectivity index (χ3v) is 5.45. The lowest BCUT2D eigenvalue weighted by molar-refractivity contribution is -0.144. The third kappa shape index (κ3) is 5.35. The van der Waals surface area contributed by atoms with Gasteiger partial charge in [0.25, 0.3) is 0 Å². The Hall–Kier alpha value is -3.48. The Kier molecular flexibility index (Phi) is 8.02. The van der Waals surface area contributed by atoms with Crippen molar-refractivity contribution >= 4 is 23.5 Å². The first-order valence-corrected chi connectivity index (χ1v) is 10.7. The number of hydrogen-bond acceptors (Lipinski definition) is 7. The number of methoxy groups -OCH3 is 1. The van der Waals surface area contributed by atoms with Gasteiger partial charge in [-0.25, -0.2) is 28.0 Å². The number of rotatable bonds is 7. The van der Waals surface area contributed by atoms with E-state index in [1.54, 1.807) is 0 Å². The topological polar surface area (TPSA) is 95.3 Å². The van der Waals surface area contributed by atoms with Gasteiger partial charge in [0, 0.05) is 11.3 Å². The van der Waals surface area contributed by atoms with Crippen molar-refractivity contribution in [3.8, 4) is 0 Å². The smallest absolute Gasteiger partial charge is 0.418 e. The molecule has 14 heteroatoms. The minimum atomic E-state index is -5.21. The van der Waals surface area contributed by atoms with Crippen LogP contribution in [-0.2, 0) is 31.8 Å². The molecule has 1 unspecified atom stereocenters. The molecular formula is C22H20ClF5N4O4. The Morgan fingerprint density at radius 1 is 1.19 bits per heavy atom. The maximum Gasteiger partial charge on any atom is 0.418 e. The number of alkyl halides is 4. The van der Waals surface area contributed by atoms with Gasteiger partial charge in [-0.05, 0) is 26.0 Å². The number of aromatic nitrogens is 3. The van der Waals surface area contributed by atoms with Gasteiger partial charge in [-0.15, -0.1) is 0 Å². The predicted molar refractivity (Wildman–Crippen MR) is 116 cm³/mol. The molecule has 0 fully saturated rings. The first kappa shape index (κ1) is 27.1. The Morgan fingerprint density at radius 2 is 1.86 bits per heavy atom. The van der Waals surface area contributed by atoms with Gasteiger partial charge in [0.1, 0.15) is 25.1 Å². The number of allylic oxidation sites excluding steroid dienone is 2. The number of nitrogens with zero attached hydrogens (tertiary/aromatic N) is 3. The largest absolute Gasteiger partial charge is 0.466 e. The molecule has 0 bridgehead atoms. The van der Waals surface area contributed by atoms with Gasteiger partial charge in [0.15, 0.2) is 0 Å². The van der Waals surface area contributed by atoms with E-state index >= 15 is 4.39 Å². The summed E-state index contributed by atoms with van der Waals surface area (Å²) in [5.74, 6) is -6.00. The van der Waals surface area contributed by atoms with E-state index in [1.807, 2.05) is 0 Å². The fraction of sp³-hybridized carbons (Fsp3) is 0.364. The van der Waals surface area contributed by atoms with Gasteiger partial charge in [-0.2, -0.15) is 18.3 Å². The Bertz CT molecular complexity index is 1230. The van der Waals surface area contributed by atoms with Crippen LogP contribution in [0.25, 0.3) is 0 Å². The first-order valence-electron chi connectivity index (χ1n) is 10.4. The first-order chi connectivity index (χ1) is 16.9. The fourth-order valence-corrected chi connectivity index (χ4v) is 4.08. The second-order valence-electron chi connectivity index (χ2n) is 7.83. The molecule has 194 valence electrons. The lowest BCUT2D eigenvalue weighted by atomic mass is 9.77. The summed E-state index contributed by atoms with van der Waals surface area (Å²) in [6, 6.07) is 1.34. The number of carbonyl (C=O) groups excluding carboxylic acids is 2. The van der Waals surface area contributed by atoms with Crippen molar-refractivity contribution < 1.29 is 41.0 Å². The lowest BCUT2D eigenvalue weighted by Crippen LogP contribution is -2.37. The Balaban J connectivity index is 2.45. The van der Waals surface area contributed by atoms with Gasteiger partial charge in [0.05, 0.1) is 53.1 Å². The average Bonchev–Trinajstić information content (AvgIpc) is 3.30. The molecule has 2 aromatic rings. The number of hydrogen-bond donors (Lipinski definition) is 1. The Morgan fingerprint density at radius 3 is 2.39 bits per heavy atom. The van der Waals surface area contributed by atoms with E-state index in [2.05, 4.69) is 20.1 Å². The molecular weight excluding hydrogens is 515 g/mol. The van der Waals surface area contributed by atoms with Crippen molar-refractivity contribution in [2.24, 2.45) is 0 Å². The molecule has 1 aromatic carbocycles. The molecule has 0 saturated carbocycles. The molecule has 1 aliphatic rings. The zero-order valence-corrected chi connectivity index (χ0v) is 19.9. The molecule has 0 spiro atoms. The molecule has 36 heavy (non-hydrogen) atoms. The van der Waals surface area contributed by atoms with Gasteiger partial charge in [-0.1, -0.05) is 11.6 Å². The fourth-order valence-electron chi connectivity index (χ4n) is 3.81. The van der Waals surface area contributed by atoms with Crippen LogP contribution in [0.2, 0.25) is 5.02 Å². The van der Waals surface area contributed by atoms with Crippen LogP contribution in [-0.4, -0.2) is 46.6 Å².